The highest BCUT2D eigenvalue weighted by atomic mass is 127. The van der Waals surface area contributed by atoms with E-state index < -0.39 is 6.61 Å². The van der Waals surface area contributed by atoms with E-state index in [2.05, 4.69) is 25.7 Å². The second-order valence-electron chi connectivity index (χ2n) is 7.24. The smallest absolute Gasteiger partial charge is 0.387 e. The number of anilines is 1. The summed E-state index contributed by atoms with van der Waals surface area (Å²) in [5, 5.41) is 9.09. The predicted octanol–water partition coefficient (Wildman–Crippen LogP) is 4.76. The van der Waals surface area contributed by atoms with Crippen LogP contribution in [-0.2, 0) is 17.9 Å². The molecule has 0 aliphatic rings. The van der Waals surface area contributed by atoms with Gasteiger partial charge in [0.1, 0.15) is 11.5 Å². The highest BCUT2D eigenvalue weighted by Gasteiger charge is 2.12. The first kappa shape index (κ1) is 28.4. The summed E-state index contributed by atoms with van der Waals surface area (Å²) >= 11 is 0. The molecule has 7 nitrogen and oxygen atoms in total. The summed E-state index contributed by atoms with van der Waals surface area (Å²) in [5.41, 5.74) is 2.19. The molecule has 0 saturated heterocycles. The van der Waals surface area contributed by atoms with E-state index in [1.165, 1.54) is 13.2 Å². The topological polar surface area (TPSA) is 84.0 Å². The third-order valence-corrected chi connectivity index (χ3v) is 4.44. The minimum atomic E-state index is -2.92. The van der Waals surface area contributed by atoms with Gasteiger partial charge in [0.05, 0.1) is 13.7 Å². The summed E-state index contributed by atoms with van der Waals surface area (Å²) in [6.45, 7) is 3.92. The average molecular weight is 576 g/mol. The predicted molar refractivity (Wildman–Crippen MR) is 137 cm³/mol. The monoisotopic (exact) mass is 576 g/mol. The van der Waals surface area contributed by atoms with E-state index in [1.807, 2.05) is 45.0 Å². The molecule has 1 amide bonds. The van der Waals surface area contributed by atoms with Gasteiger partial charge in [-0.1, -0.05) is 26.0 Å². The molecule has 0 aliphatic carbocycles. The molecule has 2 aromatic carbocycles. The van der Waals surface area contributed by atoms with E-state index in [0.717, 1.165) is 11.3 Å². The number of benzene rings is 2. The number of hydrogen-bond acceptors (Lipinski definition) is 4. The number of aliphatic imine (C=N–C) groups is 1. The minimum absolute atomic E-state index is 0. The Morgan fingerprint density at radius 2 is 1.79 bits per heavy atom. The summed E-state index contributed by atoms with van der Waals surface area (Å²) < 4.78 is 35.2. The standard InChI is InChI=1S/C23H30F2N4O3.HI/c1-5-26-23(27-13-16-6-8-18(9-7-16)29-21(30)15(2)3)28-14-17-12-19(31-4)10-11-20(17)32-22(24)25;/h6-12,15,22H,5,13-14H2,1-4H3,(H,29,30)(H2,26,27,28);1H. The molecule has 0 aliphatic heterocycles. The van der Waals surface area contributed by atoms with Crippen molar-refractivity contribution >= 4 is 41.5 Å². The number of rotatable bonds is 10. The lowest BCUT2D eigenvalue weighted by Crippen LogP contribution is -2.36. The molecule has 0 aromatic heterocycles. The van der Waals surface area contributed by atoms with Crippen LogP contribution in [0.15, 0.2) is 47.5 Å². The molecule has 2 rings (SSSR count). The van der Waals surface area contributed by atoms with Gasteiger partial charge < -0.3 is 25.4 Å². The van der Waals surface area contributed by atoms with Crippen LogP contribution in [0.1, 0.15) is 31.9 Å². The molecule has 3 N–H and O–H groups in total. The lowest BCUT2D eigenvalue weighted by atomic mass is 10.1. The van der Waals surface area contributed by atoms with E-state index >= 15 is 0 Å². The molecule has 0 radical (unpaired) electrons. The van der Waals surface area contributed by atoms with Crippen molar-refractivity contribution in [2.45, 2.75) is 40.5 Å². The number of carbonyl (C=O) groups is 1. The number of amides is 1. The Labute approximate surface area is 210 Å². The van der Waals surface area contributed by atoms with Crippen molar-refractivity contribution < 1.29 is 23.0 Å². The molecule has 2 aromatic rings. The van der Waals surface area contributed by atoms with Gasteiger partial charge in [-0.15, -0.1) is 24.0 Å². The average Bonchev–Trinajstić information content (AvgIpc) is 2.77. The van der Waals surface area contributed by atoms with Crippen LogP contribution < -0.4 is 25.4 Å². The second kappa shape index (κ2) is 14.5. The van der Waals surface area contributed by atoms with Crippen LogP contribution in [0.5, 0.6) is 11.5 Å². The Morgan fingerprint density at radius 3 is 2.36 bits per heavy atom. The molecule has 0 bridgehead atoms. The molecule has 182 valence electrons. The van der Waals surface area contributed by atoms with Gasteiger partial charge in [0.25, 0.3) is 0 Å². The van der Waals surface area contributed by atoms with Gasteiger partial charge in [-0.05, 0) is 42.8 Å². The number of methoxy groups -OCH3 is 1. The zero-order valence-corrected chi connectivity index (χ0v) is 21.5. The van der Waals surface area contributed by atoms with E-state index in [4.69, 9.17) is 4.74 Å². The van der Waals surface area contributed by atoms with Crippen molar-refractivity contribution in [3.05, 3.63) is 53.6 Å². The van der Waals surface area contributed by atoms with Crippen LogP contribution in [0.25, 0.3) is 0 Å². The van der Waals surface area contributed by atoms with Crippen LogP contribution in [0.3, 0.4) is 0 Å². The summed E-state index contributed by atoms with van der Waals surface area (Å²) in [6.07, 6.45) is 0. The van der Waals surface area contributed by atoms with Crippen molar-refractivity contribution in [3.8, 4) is 11.5 Å². The van der Waals surface area contributed by atoms with Crippen molar-refractivity contribution in [1.82, 2.24) is 10.6 Å². The summed E-state index contributed by atoms with van der Waals surface area (Å²) in [7, 11) is 1.51. The lowest BCUT2D eigenvalue weighted by molar-refractivity contribution is -0.118. The SMILES string of the molecule is CCNC(=NCc1ccc(NC(=O)C(C)C)cc1)NCc1cc(OC)ccc1OC(F)F.I. The van der Waals surface area contributed by atoms with Gasteiger partial charge in [-0.2, -0.15) is 8.78 Å². The first-order valence-corrected chi connectivity index (χ1v) is 10.4. The largest absolute Gasteiger partial charge is 0.497 e. The fourth-order valence-corrected chi connectivity index (χ4v) is 2.70. The molecular formula is C23H31F2IN4O3. The van der Waals surface area contributed by atoms with Gasteiger partial charge in [-0.3, -0.25) is 4.79 Å². The van der Waals surface area contributed by atoms with Crippen LogP contribution in [0.4, 0.5) is 14.5 Å². The van der Waals surface area contributed by atoms with E-state index in [-0.39, 0.29) is 48.1 Å². The first-order chi connectivity index (χ1) is 15.3. The Morgan fingerprint density at radius 1 is 1.09 bits per heavy atom. The second-order valence-corrected chi connectivity index (χ2v) is 7.24. The maximum atomic E-state index is 12.7. The third kappa shape index (κ3) is 9.80. The number of guanidine groups is 1. The molecule has 0 saturated carbocycles. The number of hydrogen-bond donors (Lipinski definition) is 3. The first-order valence-electron chi connectivity index (χ1n) is 10.4. The number of ether oxygens (including phenoxy) is 2. The third-order valence-electron chi connectivity index (χ3n) is 4.44. The Hall–Kier alpha value is -2.63. The van der Waals surface area contributed by atoms with Crippen LogP contribution >= 0.6 is 24.0 Å². The van der Waals surface area contributed by atoms with Gasteiger partial charge in [-0.25, -0.2) is 4.99 Å². The Balaban J connectivity index is 0.00000544. The Bertz CT molecular complexity index is 909. The zero-order valence-electron chi connectivity index (χ0n) is 19.2. The van der Waals surface area contributed by atoms with Crippen molar-refractivity contribution in [1.29, 1.82) is 0 Å². The van der Waals surface area contributed by atoms with Crippen LogP contribution in [-0.4, -0.2) is 32.1 Å². The van der Waals surface area contributed by atoms with E-state index in [9.17, 15) is 13.6 Å². The normalized spacial score (nSPS) is 11.1. The van der Waals surface area contributed by atoms with Crippen LogP contribution in [0, 0.1) is 5.92 Å². The number of alkyl halides is 2. The number of halogens is 3. The minimum Gasteiger partial charge on any atom is -0.497 e. The van der Waals surface area contributed by atoms with Crippen LogP contribution in [0.2, 0.25) is 0 Å². The lowest BCUT2D eigenvalue weighted by Gasteiger charge is -2.15. The Kier molecular flexibility index (Phi) is 12.5. The molecule has 0 unspecified atom stereocenters. The van der Waals surface area contributed by atoms with Gasteiger partial charge >= 0.3 is 6.61 Å². The molecule has 0 atom stereocenters. The number of nitrogens with zero attached hydrogens (tertiary/aromatic N) is 1. The van der Waals surface area contributed by atoms with Gasteiger partial charge in [0.2, 0.25) is 5.91 Å². The van der Waals surface area contributed by atoms with Crippen molar-refractivity contribution in [2.24, 2.45) is 10.9 Å². The molecular weight excluding hydrogens is 545 g/mol. The zero-order chi connectivity index (χ0) is 23.5. The maximum absolute atomic E-state index is 12.7. The molecule has 0 spiro atoms. The summed E-state index contributed by atoms with van der Waals surface area (Å²) in [6, 6.07) is 12.1. The molecule has 0 heterocycles. The molecule has 0 fully saturated rings. The fraction of sp³-hybridized carbons (Fsp3) is 0.391. The number of nitrogens with one attached hydrogen (secondary N) is 3. The summed E-state index contributed by atoms with van der Waals surface area (Å²) in [4.78, 5) is 16.3. The number of carbonyl (C=O) groups excluding carboxylic acids is 1. The van der Waals surface area contributed by atoms with Gasteiger partial charge in [0, 0.05) is 30.3 Å². The quantitative estimate of drug-likeness (QED) is 0.216. The fourth-order valence-electron chi connectivity index (χ4n) is 2.70. The van der Waals surface area contributed by atoms with E-state index in [0.29, 0.717) is 30.4 Å². The van der Waals surface area contributed by atoms with Crippen molar-refractivity contribution in [2.75, 3.05) is 19.0 Å². The maximum Gasteiger partial charge on any atom is 0.387 e. The molecule has 10 heteroatoms. The highest BCUT2D eigenvalue weighted by molar-refractivity contribution is 14.0. The van der Waals surface area contributed by atoms with Gasteiger partial charge in [0.15, 0.2) is 5.96 Å². The van der Waals surface area contributed by atoms with Crippen molar-refractivity contribution in [3.63, 3.8) is 0 Å². The highest BCUT2D eigenvalue weighted by Crippen LogP contribution is 2.25. The van der Waals surface area contributed by atoms with E-state index in [1.54, 1.807) is 12.1 Å². The summed E-state index contributed by atoms with van der Waals surface area (Å²) in [5.74, 6) is 1.00. The molecule has 33 heavy (non-hydrogen) atoms.